The summed E-state index contributed by atoms with van der Waals surface area (Å²) in [4.78, 5) is 29.3. The molecule has 3 N–H and O–H groups in total. The van der Waals surface area contributed by atoms with Gasteiger partial charge in [-0.15, -0.1) is 0 Å². The number of esters is 1. The van der Waals surface area contributed by atoms with Crippen molar-refractivity contribution in [3.63, 3.8) is 0 Å². The molecule has 3 rings (SSSR count). The van der Waals surface area contributed by atoms with Gasteiger partial charge in [0.2, 0.25) is 5.88 Å². The van der Waals surface area contributed by atoms with Gasteiger partial charge >= 0.3 is 12.1 Å². The van der Waals surface area contributed by atoms with Crippen LogP contribution in [-0.2, 0) is 20.9 Å². The number of nitrogens with zero attached hydrogens (tertiary/aromatic N) is 1. The van der Waals surface area contributed by atoms with Crippen LogP contribution in [0, 0.1) is 0 Å². The minimum Gasteiger partial charge on any atom is -0.492 e. The number of ether oxygens (including phenoxy) is 2. The van der Waals surface area contributed by atoms with Crippen molar-refractivity contribution < 1.29 is 24.2 Å². The second-order valence-electron chi connectivity index (χ2n) is 8.27. The number of nitrogens with one attached hydrogen (secondary N) is 2. The summed E-state index contributed by atoms with van der Waals surface area (Å²) in [5.74, 6) is -0.948. The summed E-state index contributed by atoms with van der Waals surface area (Å²) in [7, 11) is 0. The van der Waals surface area contributed by atoms with Crippen LogP contribution in [-0.4, -0.2) is 35.0 Å². The fourth-order valence-electron chi connectivity index (χ4n) is 2.97. The van der Waals surface area contributed by atoms with Crippen molar-refractivity contribution in [1.29, 1.82) is 0 Å². The van der Waals surface area contributed by atoms with Gasteiger partial charge in [0.05, 0.1) is 5.70 Å². The highest BCUT2D eigenvalue weighted by atomic mass is 16.6. The van der Waals surface area contributed by atoms with Gasteiger partial charge in [-0.3, -0.25) is 0 Å². The van der Waals surface area contributed by atoms with Crippen molar-refractivity contribution >= 4 is 24.0 Å². The molecule has 1 aliphatic heterocycles. The first-order chi connectivity index (χ1) is 15.2. The lowest BCUT2D eigenvalue weighted by Gasteiger charge is -2.24. The van der Waals surface area contributed by atoms with E-state index in [1.54, 1.807) is 20.8 Å². The molecule has 0 radical (unpaired) electrons. The summed E-state index contributed by atoms with van der Waals surface area (Å²) in [5.41, 5.74) is 1.82. The Balaban J connectivity index is 1.77. The first-order valence-electron chi connectivity index (χ1n) is 10.2. The molecule has 1 aliphatic rings. The molecule has 0 aromatic heterocycles. The topological polar surface area (TPSA) is 109 Å². The molecule has 1 heterocycles. The molecule has 1 atom stereocenters. The third-order valence-electron chi connectivity index (χ3n) is 4.45. The van der Waals surface area contributed by atoms with E-state index in [-0.39, 0.29) is 24.6 Å². The molecule has 0 spiro atoms. The Kier molecular flexibility index (Phi) is 7.14. The predicted molar refractivity (Wildman–Crippen MR) is 121 cm³/mol. The minimum absolute atomic E-state index is 0.0472. The normalized spacial score (nSPS) is 14.0. The molecule has 1 amide bonds. The van der Waals surface area contributed by atoms with Gasteiger partial charge in [0.15, 0.2) is 0 Å². The number of benzene rings is 2. The maximum absolute atomic E-state index is 12.9. The van der Waals surface area contributed by atoms with Crippen LogP contribution in [0.2, 0.25) is 0 Å². The van der Waals surface area contributed by atoms with E-state index in [4.69, 9.17) is 9.47 Å². The van der Waals surface area contributed by atoms with Crippen molar-refractivity contribution in [3.8, 4) is 0 Å². The number of aliphatic hydroxyl groups excluding tert-OH is 1. The largest absolute Gasteiger partial charge is 0.492 e. The van der Waals surface area contributed by atoms with E-state index < -0.39 is 23.7 Å². The Bertz CT molecular complexity index is 1030. The first kappa shape index (κ1) is 22.9. The number of aliphatic hydroxyl groups is 1. The average molecular weight is 437 g/mol. The highest BCUT2D eigenvalue weighted by Gasteiger charge is 2.28. The van der Waals surface area contributed by atoms with E-state index in [9.17, 15) is 14.7 Å². The number of para-hydroxylation sites is 1. The fraction of sp³-hybridized carbons (Fsp3) is 0.292. The Labute approximate surface area is 187 Å². The van der Waals surface area contributed by atoms with Crippen LogP contribution in [0.25, 0.3) is 0 Å². The molecular weight excluding hydrogens is 410 g/mol. The van der Waals surface area contributed by atoms with Gasteiger partial charge in [0.1, 0.15) is 18.2 Å². The lowest BCUT2D eigenvalue weighted by atomic mass is 10.1. The van der Waals surface area contributed by atoms with Crippen LogP contribution in [0.1, 0.15) is 38.3 Å². The smallest absolute Gasteiger partial charge is 0.408 e. The summed E-state index contributed by atoms with van der Waals surface area (Å²) in [5, 5.41) is 16.0. The predicted octanol–water partition coefficient (Wildman–Crippen LogP) is 4.28. The quantitative estimate of drug-likeness (QED) is 0.582. The molecule has 0 fully saturated rings. The van der Waals surface area contributed by atoms with E-state index in [1.165, 1.54) is 6.21 Å². The Hall–Kier alpha value is -3.81. The lowest BCUT2D eigenvalue weighted by Crippen LogP contribution is -2.44. The van der Waals surface area contributed by atoms with Crippen molar-refractivity contribution in [2.75, 3.05) is 5.32 Å². The summed E-state index contributed by atoms with van der Waals surface area (Å²) in [6.07, 6.45) is 0.677. The molecule has 0 unspecified atom stereocenters. The number of anilines is 1. The van der Waals surface area contributed by atoms with Crippen LogP contribution in [0.4, 0.5) is 10.5 Å². The second-order valence-corrected chi connectivity index (χ2v) is 8.27. The van der Waals surface area contributed by atoms with Gasteiger partial charge in [0, 0.05) is 23.9 Å². The van der Waals surface area contributed by atoms with Crippen molar-refractivity contribution in [3.05, 3.63) is 77.3 Å². The lowest BCUT2D eigenvalue weighted by molar-refractivity contribution is -0.147. The first-order valence-corrected chi connectivity index (χ1v) is 10.2. The number of rotatable bonds is 6. The van der Waals surface area contributed by atoms with Gasteiger partial charge in [-0.05, 0) is 32.4 Å². The monoisotopic (exact) mass is 437 g/mol. The van der Waals surface area contributed by atoms with E-state index in [1.807, 2.05) is 54.6 Å². The van der Waals surface area contributed by atoms with Crippen molar-refractivity contribution in [2.45, 2.75) is 45.4 Å². The molecule has 8 heteroatoms. The molecule has 0 saturated heterocycles. The van der Waals surface area contributed by atoms with E-state index in [0.29, 0.717) is 5.69 Å². The van der Waals surface area contributed by atoms with Crippen LogP contribution < -0.4 is 10.6 Å². The van der Waals surface area contributed by atoms with Crippen molar-refractivity contribution in [1.82, 2.24) is 5.32 Å². The number of fused-ring (bicyclic) bond motifs is 1. The highest BCUT2D eigenvalue weighted by molar-refractivity contribution is 5.90. The zero-order valence-corrected chi connectivity index (χ0v) is 18.3. The number of hydrogen-bond donors (Lipinski definition) is 3. The van der Waals surface area contributed by atoms with E-state index in [2.05, 4.69) is 15.6 Å². The van der Waals surface area contributed by atoms with Crippen LogP contribution >= 0.6 is 0 Å². The number of alkyl carbamates (subject to hydrolysis) is 1. The molecule has 0 aliphatic carbocycles. The van der Waals surface area contributed by atoms with Crippen LogP contribution in [0.15, 0.2) is 71.2 Å². The van der Waals surface area contributed by atoms with Gasteiger partial charge in [-0.1, -0.05) is 48.5 Å². The Morgan fingerprint density at radius 2 is 1.78 bits per heavy atom. The fourth-order valence-corrected chi connectivity index (χ4v) is 2.97. The third-order valence-corrected chi connectivity index (χ3v) is 4.45. The zero-order chi connectivity index (χ0) is 23.1. The van der Waals surface area contributed by atoms with Crippen LogP contribution in [0.5, 0.6) is 0 Å². The second kappa shape index (κ2) is 10.00. The number of amides is 1. The molecule has 2 aromatic rings. The maximum Gasteiger partial charge on any atom is 0.408 e. The molecular formula is C24H27N3O5. The number of carbonyl (C=O) groups excluding carboxylic acids is 2. The molecule has 168 valence electrons. The Morgan fingerprint density at radius 1 is 1.09 bits per heavy atom. The minimum atomic E-state index is -1.11. The number of carbonyl (C=O) groups is 2. The molecule has 2 aromatic carbocycles. The van der Waals surface area contributed by atoms with E-state index >= 15 is 0 Å². The average Bonchev–Trinajstić information content (AvgIpc) is 2.90. The van der Waals surface area contributed by atoms with Crippen molar-refractivity contribution in [2.24, 2.45) is 4.99 Å². The molecule has 8 nitrogen and oxygen atoms in total. The van der Waals surface area contributed by atoms with Gasteiger partial charge < -0.3 is 25.2 Å². The molecule has 0 bridgehead atoms. The van der Waals surface area contributed by atoms with Gasteiger partial charge in [-0.25, -0.2) is 14.6 Å². The highest BCUT2D eigenvalue weighted by Crippen LogP contribution is 2.23. The van der Waals surface area contributed by atoms with Gasteiger partial charge in [0.25, 0.3) is 0 Å². The summed E-state index contributed by atoms with van der Waals surface area (Å²) >= 11 is 0. The van der Waals surface area contributed by atoms with E-state index in [0.717, 1.165) is 11.1 Å². The van der Waals surface area contributed by atoms with Crippen LogP contribution in [0.3, 0.4) is 0 Å². The molecule has 0 saturated carbocycles. The summed E-state index contributed by atoms with van der Waals surface area (Å²) in [6, 6.07) is 15.4. The summed E-state index contributed by atoms with van der Waals surface area (Å²) in [6.45, 7) is 5.22. The zero-order valence-electron chi connectivity index (χ0n) is 18.3. The Morgan fingerprint density at radius 3 is 2.50 bits per heavy atom. The maximum atomic E-state index is 12.9. The molecule has 32 heavy (non-hydrogen) atoms. The third kappa shape index (κ3) is 6.60. The number of hydrogen-bond acceptors (Lipinski definition) is 7. The summed E-state index contributed by atoms with van der Waals surface area (Å²) < 4.78 is 10.7. The number of aliphatic imine (C=N–C) groups is 1. The van der Waals surface area contributed by atoms with Gasteiger partial charge in [-0.2, -0.15) is 0 Å². The standard InChI is InChI=1S/C24H27N3O5/c1-24(2,3)32-23(30)27-20(22(29)31-15-16-9-5-4-6-10-16)13-19-21(28)25-14-17-11-7-8-12-18(17)26-19/h4-12,14,20,26,28H,13,15H2,1-3H3,(H,27,30)/t20-/m0/s1. The SMILES string of the molecule is CC(C)(C)OC(=O)N[C@@H](CC1=C(O)N=Cc2ccccc2N1)C(=O)OCc1ccccc1.